The lowest BCUT2D eigenvalue weighted by atomic mass is 10.3. The number of esters is 1. The highest BCUT2D eigenvalue weighted by atomic mass is 35.5. The molecule has 1 N–H and O–H groups in total. The van der Waals surface area contributed by atoms with Gasteiger partial charge in [0.1, 0.15) is 5.75 Å². The van der Waals surface area contributed by atoms with E-state index in [4.69, 9.17) is 16.3 Å². The van der Waals surface area contributed by atoms with Crippen LogP contribution in [-0.4, -0.2) is 24.9 Å². The van der Waals surface area contributed by atoms with Crippen molar-refractivity contribution in [2.75, 3.05) is 19.1 Å². The molecule has 1 aromatic carbocycles. The Morgan fingerprint density at radius 1 is 1.32 bits per heavy atom. The summed E-state index contributed by atoms with van der Waals surface area (Å²) in [6.45, 7) is 5.95. The van der Waals surface area contributed by atoms with Crippen LogP contribution in [0.2, 0.25) is 0 Å². The Hall–Kier alpha value is -1.75. The smallest absolute Gasteiger partial charge is 0.370 e. The van der Waals surface area contributed by atoms with Crippen LogP contribution in [-0.2, 0) is 9.53 Å². The van der Waals surface area contributed by atoms with E-state index in [0.29, 0.717) is 5.69 Å². The highest BCUT2D eigenvalue weighted by molar-refractivity contribution is 6.82. The summed E-state index contributed by atoms with van der Waals surface area (Å²) in [6, 6.07) is 7.02. The summed E-state index contributed by atoms with van der Waals surface area (Å²) in [5.74, 6) is 0.0752. The fourth-order valence-corrected chi connectivity index (χ4v) is 1.11. The molecule has 1 rings (SSSR count). The second-order valence-electron chi connectivity index (χ2n) is 2.96. The predicted octanol–water partition coefficient (Wildman–Crippen LogP) is 3.25. The second kappa shape index (κ2) is 10.2. The van der Waals surface area contributed by atoms with E-state index >= 15 is 0 Å². The lowest BCUT2D eigenvalue weighted by Gasteiger charge is -2.03. The zero-order valence-corrected chi connectivity index (χ0v) is 12.3. The van der Waals surface area contributed by atoms with E-state index in [1.165, 1.54) is 0 Å². The molecule has 0 fully saturated rings. The first-order chi connectivity index (χ1) is 9.17. The number of rotatable bonds is 5. The first-order valence-corrected chi connectivity index (χ1v) is 6.35. The molecule has 0 aliphatic carbocycles. The van der Waals surface area contributed by atoms with Crippen LogP contribution in [0.15, 0.2) is 29.4 Å². The third kappa shape index (κ3) is 6.67. The van der Waals surface area contributed by atoms with Gasteiger partial charge >= 0.3 is 5.97 Å². The van der Waals surface area contributed by atoms with Gasteiger partial charge in [-0.25, -0.2) is 4.79 Å². The average molecular weight is 287 g/mol. The molecule has 1 aromatic rings. The van der Waals surface area contributed by atoms with Gasteiger partial charge in [0.15, 0.2) is 0 Å². The van der Waals surface area contributed by atoms with E-state index in [1.54, 1.807) is 38.3 Å². The molecule has 0 saturated carbocycles. The van der Waals surface area contributed by atoms with E-state index in [0.717, 1.165) is 5.75 Å². The minimum atomic E-state index is -0.657. The molecule has 6 heteroatoms. The molecular formula is C13H19ClN2O3. The van der Waals surface area contributed by atoms with Crippen LogP contribution in [0.25, 0.3) is 0 Å². The summed E-state index contributed by atoms with van der Waals surface area (Å²) < 4.78 is 9.67. The minimum absolute atomic E-state index is 0.248. The fraction of sp³-hybridized carbons (Fsp3) is 0.385. The highest BCUT2D eigenvalue weighted by Crippen LogP contribution is 2.14. The first-order valence-electron chi connectivity index (χ1n) is 5.97. The maximum atomic E-state index is 11.1. The number of hydrogen-bond donors (Lipinski definition) is 1. The Bertz CT molecular complexity index is 405. The van der Waals surface area contributed by atoms with Crippen LogP contribution in [0, 0.1) is 0 Å². The quantitative estimate of drug-likeness (QED) is 0.513. The van der Waals surface area contributed by atoms with Gasteiger partial charge in [0.2, 0.25) is 5.17 Å². The highest BCUT2D eigenvalue weighted by Gasteiger charge is 2.08. The van der Waals surface area contributed by atoms with Crippen molar-refractivity contribution in [3.63, 3.8) is 0 Å². The molecule has 106 valence electrons. The Balaban J connectivity index is 0.00000154. The predicted molar refractivity (Wildman–Crippen MR) is 77.9 cm³/mol. The van der Waals surface area contributed by atoms with Crippen LogP contribution in [0.3, 0.4) is 0 Å². The number of halogens is 1. The summed E-state index contributed by atoms with van der Waals surface area (Å²) in [6.07, 6.45) is 0. The van der Waals surface area contributed by atoms with Gasteiger partial charge in [-0.15, -0.1) is 0 Å². The summed E-state index contributed by atoms with van der Waals surface area (Å²) in [5.41, 5.74) is 3.32. The van der Waals surface area contributed by atoms with Gasteiger partial charge in [0, 0.05) is 0 Å². The molecule has 0 atom stereocenters. The van der Waals surface area contributed by atoms with Gasteiger partial charge in [0.25, 0.3) is 0 Å². The second-order valence-corrected chi connectivity index (χ2v) is 3.32. The van der Waals surface area contributed by atoms with Crippen molar-refractivity contribution in [1.82, 2.24) is 0 Å². The van der Waals surface area contributed by atoms with E-state index in [1.807, 2.05) is 13.8 Å². The lowest BCUT2D eigenvalue weighted by molar-refractivity contribution is -0.134. The van der Waals surface area contributed by atoms with Crippen molar-refractivity contribution in [2.24, 2.45) is 5.10 Å². The van der Waals surface area contributed by atoms with Gasteiger partial charge in [-0.1, -0.05) is 25.4 Å². The summed E-state index contributed by atoms with van der Waals surface area (Å²) in [7, 11) is 1.58. The number of ether oxygens (including phenoxy) is 2. The van der Waals surface area contributed by atoms with Crippen LogP contribution in [0.5, 0.6) is 5.75 Å². The zero-order valence-electron chi connectivity index (χ0n) is 11.6. The summed E-state index contributed by atoms with van der Waals surface area (Å²) in [4.78, 5) is 11.1. The number of hydrazone groups is 1. The molecule has 0 amide bonds. The number of nitrogens with one attached hydrogen (secondary N) is 1. The number of anilines is 1. The van der Waals surface area contributed by atoms with Crippen molar-refractivity contribution in [1.29, 1.82) is 0 Å². The SMILES string of the molecule is CC.CCOC(=O)/C(Cl)=N/Nc1ccc(OC)cc1. The molecule has 19 heavy (non-hydrogen) atoms. The van der Waals surface area contributed by atoms with Crippen molar-refractivity contribution in [2.45, 2.75) is 20.8 Å². The molecule has 0 aromatic heterocycles. The van der Waals surface area contributed by atoms with Crippen LogP contribution >= 0.6 is 11.6 Å². The first kappa shape index (κ1) is 17.2. The summed E-state index contributed by atoms with van der Waals surface area (Å²) in [5, 5.41) is 3.44. The van der Waals surface area contributed by atoms with Gasteiger partial charge in [-0.05, 0) is 31.2 Å². The lowest BCUT2D eigenvalue weighted by Crippen LogP contribution is -2.13. The largest absolute Gasteiger partial charge is 0.497 e. The average Bonchev–Trinajstić information content (AvgIpc) is 2.47. The number of carbonyl (C=O) groups excluding carboxylic acids is 1. The Morgan fingerprint density at radius 3 is 2.37 bits per heavy atom. The number of hydrogen-bond acceptors (Lipinski definition) is 5. The van der Waals surface area contributed by atoms with E-state index in [2.05, 4.69) is 15.3 Å². The van der Waals surface area contributed by atoms with Crippen LogP contribution in [0.4, 0.5) is 5.69 Å². The molecule has 0 heterocycles. The fourth-order valence-electron chi connectivity index (χ4n) is 1.02. The van der Waals surface area contributed by atoms with Crippen LogP contribution in [0.1, 0.15) is 20.8 Å². The number of nitrogens with zero attached hydrogens (tertiary/aromatic N) is 1. The molecule has 0 bridgehead atoms. The monoisotopic (exact) mass is 286 g/mol. The van der Waals surface area contributed by atoms with Gasteiger partial charge in [-0.3, -0.25) is 5.43 Å². The molecule has 0 radical (unpaired) electrons. The third-order valence-corrected chi connectivity index (χ3v) is 2.06. The van der Waals surface area contributed by atoms with E-state index in [9.17, 15) is 4.79 Å². The maximum absolute atomic E-state index is 11.1. The Morgan fingerprint density at radius 2 is 1.89 bits per heavy atom. The molecule has 0 spiro atoms. The summed E-state index contributed by atoms with van der Waals surface area (Å²) >= 11 is 5.61. The van der Waals surface area contributed by atoms with Gasteiger partial charge < -0.3 is 9.47 Å². The van der Waals surface area contributed by atoms with E-state index in [-0.39, 0.29) is 11.8 Å². The number of carbonyl (C=O) groups is 1. The minimum Gasteiger partial charge on any atom is -0.497 e. The van der Waals surface area contributed by atoms with E-state index < -0.39 is 5.97 Å². The Labute approximate surface area is 118 Å². The standard InChI is InChI=1S/C11H13ClN2O3.C2H6/c1-3-17-11(15)10(12)14-13-8-4-6-9(16-2)7-5-8;1-2/h4-7,13H,3H2,1-2H3;1-2H3/b14-10-;. The molecule has 0 unspecified atom stereocenters. The van der Waals surface area contributed by atoms with Gasteiger partial charge in [-0.2, -0.15) is 5.10 Å². The van der Waals surface area contributed by atoms with Crippen molar-refractivity contribution in [3.8, 4) is 5.75 Å². The number of benzene rings is 1. The zero-order chi connectivity index (χ0) is 14.7. The molecule has 0 saturated heterocycles. The molecular weight excluding hydrogens is 268 g/mol. The van der Waals surface area contributed by atoms with Crippen LogP contribution < -0.4 is 10.2 Å². The molecule has 0 aliphatic rings. The normalized spacial score (nSPS) is 10.1. The molecule has 0 aliphatic heterocycles. The van der Waals surface area contributed by atoms with Gasteiger partial charge in [0.05, 0.1) is 19.4 Å². The number of methoxy groups -OCH3 is 1. The third-order valence-electron chi connectivity index (χ3n) is 1.82. The topological polar surface area (TPSA) is 59.9 Å². The molecule has 5 nitrogen and oxygen atoms in total. The maximum Gasteiger partial charge on any atom is 0.370 e. The van der Waals surface area contributed by atoms with Crippen molar-refractivity contribution >= 4 is 28.4 Å². The Kier molecular flexibility index (Phi) is 9.26. The van der Waals surface area contributed by atoms with Crippen molar-refractivity contribution < 1.29 is 14.3 Å². The van der Waals surface area contributed by atoms with Crippen molar-refractivity contribution in [3.05, 3.63) is 24.3 Å².